The number of hydrogen-bond donors (Lipinski definition) is 0. The Hall–Kier alpha value is -7.10. The summed E-state index contributed by atoms with van der Waals surface area (Å²) in [6.45, 7) is 0. The molecule has 10 aromatic rings. The van der Waals surface area contributed by atoms with Crippen LogP contribution in [0.15, 0.2) is 206 Å². The van der Waals surface area contributed by atoms with Crippen LogP contribution in [0, 0.1) is 0 Å². The van der Waals surface area contributed by atoms with Crippen molar-refractivity contribution in [3.63, 3.8) is 0 Å². The highest BCUT2D eigenvalue weighted by molar-refractivity contribution is 6.25. The van der Waals surface area contributed by atoms with Crippen molar-refractivity contribution < 1.29 is 0 Å². The number of fused-ring (bicyclic) bond motifs is 1. The van der Waals surface area contributed by atoms with Crippen molar-refractivity contribution >= 4 is 77.9 Å². The zero-order valence-electron chi connectivity index (χ0n) is 29.0. The van der Waals surface area contributed by atoms with Crippen LogP contribution in [0.5, 0.6) is 0 Å². The fraction of sp³-hybridized carbons (Fsp3) is 0. The number of para-hydroxylation sites is 4. The Balaban J connectivity index is 1.17. The first-order valence-electron chi connectivity index (χ1n) is 18.1. The lowest BCUT2D eigenvalue weighted by Crippen LogP contribution is -2.10. The molecule has 9 aromatic carbocycles. The van der Waals surface area contributed by atoms with Crippen LogP contribution in [0.4, 0.5) is 28.4 Å². The van der Waals surface area contributed by atoms with Crippen molar-refractivity contribution in [3.05, 3.63) is 212 Å². The molecule has 0 aliphatic heterocycles. The summed E-state index contributed by atoms with van der Waals surface area (Å²) in [5.74, 6) is 0. The SMILES string of the molecule is C(=C\N(c1ccccc1)c1ccc2ccccc2c1)/c1cc2ccc3cc(N(c4ccccc4)c4ccccc4)cc4c3c2c(c1)n4-c1ccccc1. The summed E-state index contributed by atoms with van der Waals surface area (Å²) in [5, 5.41) is 7.46. The molecule has 250 valence electrons. The minimum absolute atomic E-state index is 1.11. The number of nitrogens with zero attached hydrogens (tertiary/aromatic N) is 3. The maximum absolute atomic E-state index is 2.44. The summed E-state index contributed by atoms with van der Waals surface area (Å²) < 4.78 is 2.44. The Morgan fingerprint density at radius 1 is 0.358 bits per heavy atom. The maximum Gasteiger partial charge on any atom is 0.0568 e. The minimum atomic E-state index is 1.11. The van der Waals surface area contributed by atoms with Crippen LogP contribution in [-0.4, -0.2) is 4.57 Å². The largest absolute Gasteiger partial charge is 0.317 e. The number of aromatic nitrogens is 1. The predicted octanol–water partition coefficient (Wildman–Crippen LogP) is 13.8. The molecule has 1 heterocycles. The topological polar surface area (TPSA) is 11.4 Å². The molecule has 0 saturated heterocycles. The molecule has 0 bridgehead atoms. The van der Waals surface area contributed by atoms with E-state index in [1.807, 2.05) is 0 Å². The molecule has 3 nitrogen and oxygen atoms in total. The Morgan fingerprint density at radius 2 is 0.868 bits per heavy atom. The third kappa shape index (κ3) is 5.47. The van der Waals surface area contributed by atoms with E-state index >= 15 is 0 Å². The summed E-state index contributed by atoms with van der Waals surface area (Å²) in [6.07, 6.45) is 4.45. The molecule has 0 amide bonds. The lowest BCUT2D eigenvalue weighted by molar-refractivity contribution is 1.18. The molecule has 10 rings (SSSR count). The van der Waals surface area contributed by atoms with Crippen molar-refractivity contribution in [2.75, 3.05) is 9.80 Å². The molecule has 0 atom stereocenters. The second-order valence-corrected chi connectivity index (χ2v) is 13.5. The van der Waals surface area contributed by atoms with Gasteiger partial charge in [-0.1, -0.05) is 115 Å². The van der Waals surface area contributed by atoms with Gasteiger partial charge in [-0.25, -0.2) is 0 Å². The summed E-state index contributed by atoms with van der Waals surface area (Å²) in [7, 11) is 0. The van der Waals surface area contributed by atoms with Crippen LogP contribution in [0.1, 0.15) is 5.56 Å². The van der Waals surface area contributed by atoms with Gasteiger partial charge in [0.25, 0.3) is 0 Å². The minimum Gasteiger partial charge on any atom is -0.317 e. The molecule has 3 heteroatoms. The van der Waals surface area contributed by atoms with Gasteiger partial charge >= 0.3 is 0 Å². The van der Waals surface area contributed by atoms with Gasteiger partial charge in [-0.15, -0.1) is 0 Å². The van der Waals surface area contributed by atoms with Crippen molar-refractivity contribution in [2.45, 2.75) is 0 Å². The van der Waals surface area contributed by atoms with Crippen molar-refractivity contribution in [1.29, 1.82) is 0 Å². The highest BCUT2D eigenvalue weighted by Gasteiger charge is 2.21. The van der Waals surface area contributed by atoms with E-state index in [4.69, 9.17) is 0 Å². The van der Waals surface area contributed by atoms with E-state index in [9.17, 15) is 0 Å². The van der Waals surface area contributed by atoms with Crippen LogP contribution in [0.2, 0.25) is 0 Å². The molecule has 53 heavy (non-hydrogen) atoms. The fourth-order valence-corrected chi connectivity index (χ4v) is 7.85. The molecule has 0 N–H and O–H groups in total. The quantitative estimate of drug-likeness (QED) is 0.148. The molecule has 0 saturated carbocycles. The monoisotopic (exact) mass is 677 g/mol. The smallest absolute Gasteiger partial charge is 0.0568 e. The number of hydrogen-bond acceptors (Lipinski definition) is 2. The summed E-state index contributed by atoms with van der Waals surface area (Å²) >= 11 is 0. The Morgan fingerprint density at radius 3 is 1.53 bits per heavy atom. The van der Waals surface area contributed by atoms with E-state index in [1.165, 1.54) is 43.4 Å². The van der Waals surface area contributed by atoms with Gasteiger partial charge in [0.15, 0.2) is 0 Å². The van der Waals surface area contributed by atoms with Crippen LogP contribution < -0.4 is 9.80 Å². The first-order valence-corrected chi connectivity index (χ1v) is 18.1. The first-order chi connectivity index (χ1) is 26.3. The molecule has 0 spiro atoms. The third-order valence-corrected chi connectivity index (χ3v) is 10.2. The van der Waals surface area contributed by atoms with E-state index in [1.54, 1.807) is 0 Å². The van der Waals surface area contributed by atoms with Gasteiger partial charge in [0, 0.05) is 51.1 Å². The molecule has 0 unspecified atom stereocenters. The lowest BCUT2D eigenvalue weighted by Gasteiger charge is -2.26. The molecule has 1 aromatic heterocycles. The lowest BCUT2D eigenvalue weighted by atomic mass is 9.99. The Bertz CT molecular complexity index is 2840. The molecule has 0 aliphatic rings. The average molecular weight is 678 g/mol. The van der Waals surface area contributed by atoms with Crippen LogP contribution in [0.3, 0.4) is 0 Å². The number of anilines is 5. The second kappa shape index (κ2) is 12.9. The predicted molar refractivity (Wildman–Crippen MR) is 226 cm³/mol. The third-order valence-electron chi connectivity index (χ3n) is 10.2. The van der Waals surface area contributed by atoms with Gasteiger partial charge in [0.2, 0.25) is 0 Å². The molecular formula is C50H35N3. The first kappa shape index (κ1) is 30.7. The van der Waals surface area contributed by atoms with Crippen molar-refractivity contribution in [1.82, 2.24) is 4.57 Å². The zero-order valence-corrected chi connectivity index (χ0v) is 29.0. The van der Waals surface area contributed by atoms with Gasteiger partial charge < -0.3 is 14.4 Å². The van der Waals surface area contributed by atoms with Crippen LogP contribution in [-0.2, 0) is 0 Å². The van der Waals surface area contributed by atoms with Crippen molar-refractivity contribution in [3.8, 4) is 5.69 Å². The summed E-state index contributed by atoms with van der Waals surface area (Å²) in [6, 6.07) is 71.8. The number of rotatable bonds is 8. The second-order valence-electron chi connectivity index (χ2n) is 13.5. The van der Waals surface area contributed by atoms with E-state index < -0.39 is 0 Å². The van der Waals surface area contributed by atoms with E-state index in [0.29, 0.717) is 0 Å². The molecule has 0 aliphatic carbocycles. The molecular weight excluding hydrogens is 643 g/mol. The van der Waals surface area contributed by atoms with Crippen LogP contribution in [0.25, 0.3) is 55.1 Å². The fourth-order valence-electron chi connectivity index (χ4n) is 7.85. The molecule has 0 radical (unpaired) electrons. The number of benzene rings is 9. The van der Waals surface area contributed by atoms with E-state index in [-0.39, 0.29) is 0 Å². The van der Waals surface area contributed by atoms with E-state index in [0.717, 1.165) is 39.7 Å². The Labute approximate surface area is 308 Å². The van der Waals surface area contributed by atoms with Crippen LogP contribution >= 0.6 is 0 Å². The van der Waals surface area contributed by atoms with Gasteiger partial charge in [0.05, 0.1) is 11.0 Å². The van der Waals surface area contributed by atoms with E-state index in [2.05, 4.69) is 227 Å². The van der Waals surface area contributed by atoms with Gasteiger partial charge in [-0.2, -0.15) is 0 Å². The Kier molecular flexibility index (Phi) is 7.47. The normalized spacial score (nSPS) is 11.7. The zero-order chi connectivity index (χ0) is 35.1. The van der Waals surface area contributed by atoms with Gasteiger partial charge in [0.1, 0.15) is 0 Å². The molecule has 0 fully saturated rings. The highest BCUT2D eigenvalue weighted by Crippen LogP contribution is 2.44. The summed E-state index contributed by atoms with van der Waals surface area (Å²) in [5.41, 5.74) is 10.2. The van der Waals surface area contributed by atoms with Crippen molar-refractivity contribution in [2.24, 2.45) is 0 Å². The standard InChI is InChI=1S/C50H35N3/c1-5-17-41(18-6-1)51(45-28-27-37-15-13-14-16-38(37)33-45)30-29-36-31-39-25-26-40-34-46(52(42-19-7-2-8-20-42)43-21-9-3-10-22-43)35-48-50(40)49(39)47(32-36)53(48)44-23-11-4-12-24-44/h1-35H/b30-29+. The van der Waals surface area contributed by atoms with Gasteiger partial charge in [-0.05, 0) is 118 Å². The summed E-state index contributed by atoms with van der Waals surface area (Å²) in [4.78, 5) is 4.63. The van der Waals surface area contributed by atoms with Gasteiger partial charge in [-0.3, -0.25) is 0 Å². The highest BCUT2D eigenvalue weighted by atomic mass is 15.1. The average Bonchev–Trinajstić information content (AvgIpc) is 3.56. The maximum atomic E-state index is 2.44.